The van der Waals surface area contributed by atoms with Gasteiger partial charge in [0.25, 0.3) is 0 Å². The van der Waals surface area contributed by atoms with E-state index in [9.17, 15) is 0 Å². The van der Waals surface area contributed by atoms with Crippen molar-refractivity contribution in [3.8, 4) is 5.75 Å². The number of aliphatic imine (C=N–C) groups is 1. The van der Waals surface area contributed by atoms with Crippen LogP contribution in [-0.4, -0.2) is 41.0 Å². The molecule has 1 aromatic carbocycles. The lowest BCUT2D eigenvalue weighted by atomic mass is 10.3. The van der Waals surface area contributed by atoms with Crippen molar-refractivity contribution in [2.45, 2.75) is 18.9 Å². The van der Waals surface area contributed by atoms with Gasteiger partial charge in [-0.25, -0.2) is 9.97 Å². The maximum Gasteiger partial charge on any atom is 0.176 e. The third-order valence-corrected chi connectivity index (χ3v) is 4.50. The first kappa shape index (κ1) is 16.7. The van der Waals surface area contributed by atoms with Gasteiger partial charge in [0.2, 0.25) is 0 Å². The number of benzene rings is 1. The molecule has 0 amide bonds. The van der Waals surface area contributed by atoms with E-state index in [2.05, 4.69) is 27.2 Å². The highest BCUT2D eigenvalue weighted by molar-refractivity contribution is 8.00. The molecule has 1 unspecified atom stereocenters. The van der Waals surface area contributed by atoms with Crippen molar-refractivity contribution in [1.82, 2.24) is 9.97 Å². The van der Waals surface area contributed by atoms with Crippen molar-refractivity contribution < 1.29 is 9.47 Å². The summed E-state index contributed by atoms with van der Waals surface area (Å²) in [6.07, 6.45) is 0. The summed E-state index contributed by atoms with van der Waals surface area (Å²) in [6.45, 7) is 2.50. The molecule has 0 saturated carbocycles. The fourth-order valence-corrected chi connectivity index (χ4v) is 3.18. The minimum Gasteiger partial charge on any atom is -0.497 e. The Hall–Kier alpha value is -2.12. The average Bonchev–Trinajstić information content (AvgIpc) is 3.02. The number of nitrogens with one attached hydrogen (secondary N) is 1. The number of thioether (sulfide) groups is 1. The smallest absolute Gasteiger partial charge is 0.176 e. The molecule has 1 N–H and O–H groups in total. The van der Waals surface area contributed by atoms with Gasteiger partial charge < -0.3 is 14.8 Å². The van der Waals surface area contributed by atoms with Crippen LogP contribution in [0.5, 0.6) is 5.75 Å². The van der Waals surface area contributed by atoms with E-state index in [0.29, 0.717) is 18.2 Å². The average molecular weight is 344 g/mol. The minimum atomic E-state index is 0.254. The summed E-state index contributed by atoms with van der Waals surface area (Å²) in [5, 5.41) is 3.56. The van der Waals surface area contributed by atoms with E-state index >= 15 is 0 Å². The van der Waals surface area contributed by atoms with E-state index in [1.54, 1.807) is 26.0 Å². The van der Waals surface area contributed by atoms with Crippen LogP contribution in [0.25, 0.3) is 0 Å². The monoisotopic (exact) mass is 344 g/mol. The number of nitrogens with zero attached hydrogens (tertiary/aromatic N) is 3. The lowest BCUT2D eigenvalue weighted by molar-refractivity contribution is 0.181. The maximum atomic E-state index is 5.26. The van der Waals surface area contributed by atoms with E-state index in [-0.39, 0.29) is 5.37 Å². The number of hydrogen-bond donors (Lipinski definition) is 1. The quantitative estimate of drug-likeness (QED) is 0.867. The van der Waals surface area contributed by atoms with Gasteiger partial charge in [0, 0.05) is 30.7 Å². The van der Waals surface area contributed by atoms with Crippen LogP contribution in [0.15, 0.2) is 35.3 Å². The van der Waals surface area contributed by atoms with Gasteiger partial charge in [0.05, 0.1) is 30.5 Å². The largest absolute Gasteiger partial charge is 0.497 e. The molecule has 0 aliphatic carbocycles. The molecule has 1 atom stereocenters. The summed E-state index contributed by atoms with van der Waals surface area (Å²) in [7, 11) is 3.30. The Morgan fingerprint density at radius 3 is 2.83 bits per heavy atom. The second kappa shape index (κ2) is 7.63. The van der Waals surface area contributed by atoms with Crippen molar-refractivity contribution in [1.29, 1.82) is 0 Å². The lowest BCUT2D eigenvalue weighted by Crippen LogP contribution is -2.11. The Kier molecular flexibility index (Phi) is 5.32. The van der Waals surface area contributed by atoms with Crippen LogP contribution in [-0.2, 0) is 11.3 Å². The molecule has 0 radical (unpaired) electrons. The maximum absolute atomic E-state index is 5.26. The van der Waals surface area contributed by atoms with E-state index in [1.807, 2.05) is 30.3 Å². The van der Waals surface area contributed by atoms with Gasteiger partial charge in [-0.3, -0.25) is 4.99 Å². The van der Waals surface area contributed by atoms with Gasteiger partial charge in [-0.2, -0.15) is 0 Å². The molecule has 6 nitrogen and oxygen atoms in total. The lowest BCUT2D eigenvalue weighted by Gasteiger charge is -2.10. The zero-order valence-corrected chi connectivity index (χ0v) is 14.8. The molecule has 126 valence electrons. The highest BCUT2D eigenvalue weighted by Crippen LogP contribution is 2.24. The normalized spacial score (nSPS) is 16.8. The van der Waals surface area contributed by atoms with Crippen molar-refractivity contribution >= 4 is 29.0 Å². The third-order valence-electron chi connectivity index (χ3n) is 3.47. The van der Waals surface area contributed by atoms with E-state index in [4.69, 9.17) is 9.47 Å². The fraction of sp³-hybridized carbons (Fsp3) is 0.353. The third kappa shape index (κ3) is 4.04. The summed E-state index contributed by atoms with van der Waals surface area (Å²) in [6, 6.07) is 9.60. The summed E-state index contributed by atoms with van der Waals surface area (Å²) < 4.78 is 10.5. The number of anilines is 2. The van der Waals surface area contributed by atoms with Gasteiger partial charge in [0.15, 0.2) is 5.82 Å². The first-order valence-electron chi connectivity index (χ1n) is 7.64. The molecule has 2 heterocycles. The topological polar surface area (TPSA) is 68.6 Å². The van der Waals surface area contributed by atoms with Crippen LogP contribution < -0.4 is 10.1 Å². The second-order valence-electron chi connectivity index (χ2n) is 5.34. The molecule has 0 spiro atoms. The fourth-order valence-electron chi connectivity index (χ4n) is 2.38. The molecule has 3 rings (SSSR count). The molecule has 1 aliphatic heterocycles. The molecule has 1 aliphatic rings. The molecule has 0 bridgehead atoms. The number of rotatable bonds is 6. The van der Waals surface area contributed by atoms with Crippen LogP contribution in [0.2, 0.25) is 0 Å². The van der Waals surface area contributed by atoms with Crippen LogP contribution >= 0.6 is 11.8 Å². The zero-order chi connectivity index (χ0) is 16.9. The van der Waals surface area contributed by atoms with Crippen LogP contribution in [0.3, 0.4) is 0 Å². The molecule has 0 saturated heterocycles. The zero-order valence-electron chi connectivity index (χ0n) is 13.9. The van der Waals surface area contributed by atoms with E-state index in [0.717, 1.165) is 28.6 Å². The molecular formula is C17H20N4O2S. The van der Waals surface area contributed by atoms with Crippen LogP contribution in [0, 0.1) is 0 Å². The van der Waals surface area contributed by atoms with Gasteiger partial charge in [-0.15, -0.1) is 11.8 Å². The Bertz CT molecular complexity index is 751. The number of ether oxygens (including phenoxy) is 2. The summed E-state index contributed by atoms with van der Waals surface area (Å²) in [4.78, 5) is 13.8. The number of methoxy groups -OCH3 is 2. The standard InChI is InChI=1S/C17H20N4O2S/c1-11-18-15(10-24-11)17-20-13(9-22-2)8-16(21-17)19-12-5-4-6-14(7-12)23-3/h4-8,11H,9-10H2,1-3H3,(H,19,20,21). The first-order chi connectivity index (χ1) is 11.7. The Balaban J connectivity index is 1.91. The van der Waals surface area contributed by atoms with Gasteiger partial charge >= 0.3 is 0 Å². The first-order valence-corrected chi connectivity index (χ1v) is 8.69. The van der Waals surface area contributed by atoms with Gasteiger partial charge in [-0.1, -0.05) is 6.07 Å². The predicted octanol–water partition coefficient (Wildman–Crippen LogP) is 3.26. The Labute approximate surface area is 145 Å². The van der Waals surface area contributed by atoms with Crippen LogP contribution in [0.4, 0.5) is 11.5 Å². The van der Waals surface area contributed by atoms with Crippen molar-refractivity contribution in [2.75, 3.05) is 25.3 Å². The second-order valence-corrected chi connectivity index (χ2v) is 6.65. The van der Waals surface area contributed by atoms with Crippen molar-refractivity contribution in [2.24, 2.45) is 4.99 Å². The number of hydrogen-bond acceptors (Lipinski definition) is 7. The molecule has 0 fully saturated rings. The Morgan fingerprint density at radius 2 is 2.12 bits per heavy atom. The molecule has 24 heavy (non-hydrogen) atoms. The van der Waals surface area contributed by atoms with Crippen LogP contribution in [0.1, 0.15) is 18.4 Å². The molecule has 1 aromatic heterocycles. The van der Waals surface area contributed by atoms with Gasteiger partial charge in [0.1, 0.15) is 11.6 Å². The molecule has 7 heteroatoms. The minimum absolute atomic E-state index is 0.254. The highest BCUT2D eigenvalue weighted by Gasteiger charge is 2.19. The SMILES string of the molecule is COCc1cc(Nc2cccc(OC)c2)nc(C2=NC(C)SC2)n1. The molecule has 2 aromatic rings. The summed E-state index contributed by atoms with van der Waals surface area (Å²) in [5.41, 5.74) is 2.65. The summed E-state index contributed by atoms with van der Waals surface area (Å²) >= 11 is 1.78. The number of aromatic nitrogens is 2. The van der Waals surface area contributed by atoms with E-state index < -0.39 is 0 Å². The van der Waals surface area contributed by atoms with Crippen molar-refractivity contribution in [3.05, 3.63) is 41.9 Å². The van der Waals surface area contributed by atoms with Gasteiger partial charge in [-0.05, 0) is 19.1 Å². The molecular weight excluding hydrogens is 324 g/mol. The highest BCUT2D eigenvalue weighted by atomic mass is 32.2. The predicted molar refractivity (Wildman–Crippen MR) is 97.5 cm³/mol. The van der Waals surface area contributed by atoms with Crippen molar-refractivity contribution in [3.63, 3.8) is 0 Å². The van der Waals surface area contributed by atoms with E-state index in [1.165, 1.54) is 0 Å². The Morgan fingerprint density at radius 1 is 1.25 bits per heavy atom. The summed E-state index contributed by atoms with van der Waals surface area (Å²) in [5.74, 6) is 2.99.